The Balaban J connectivity index is 1.79. The fraction of sp³-hybridized carbons (Fsp3) is 0.400. The molecule has 1 aliphatic rings. The topological polar surface area (TPSA) is 45.2 Å². The molecule has 1 saturated heterocycles. The smallest absolute Gasteiger partial charge is 0.255 e. The van der Waals surface area contributed by atoms with Crippen LogP contribution < -0.4 is 5.32 Å². The molecule has 1 aromatic carbocycles. The van der Waals surface area contributed by atoms with E-state index in [1.807, 2.05) is 23.1 Å². The molecule has 1 amide bonds. The van der Waals surface area contributed by atoms with Crippen LogP contribution in [0.25, 0.3) is 0 Å². The maximum absolute atomic E-state index is 12.7. The number of rotatable bonds is 3. The third-order valence-corrected chi connectivity index (χ3v) is 4.81. The van der Waals surface area contributed by atoms with Gasteiger partial charge in [0.15, 0.2) is 0 Å². The van der Waals surface area contributed by atoms with Gasteiger partial charge in [-0.05, 0) is 55.9 Å². The molecule has 1 aromatic heterocycles. The number of nitrogens with one attached hydrogen (secondary N) is 1. The van der Waals surface area contributed by atoms with Crippen molar-refractivity contribution in [2.45, 2.75) is 33.6 Å². The van der Waals surface area contributed by atoms with E-state index in [-0.39, 0.29) is 5.91 Å². The van der Waals surface area contributed by atoms with E-state index >= 15 is 0 Å². The molecule has 24 heavy (non-hydrogen) atoms. The van der Waals surface area contributed by atoms with Gasteiger partial charge >= 0.3 is 0 Å². The lowest BCUT2D eigenvalue weighted by Crippen LogP contribution is -2.39. The molecule has 0 spiro atoms. The van der Waals surface area contributed by atoms with Crippen LogP contribution in [0.5, 0.6) is 0 Å². The minimum atomic E-state index is 0.0821. The Morgan fingerprint density at radius 2 is 2.12 bits per heavy atom. The van der Waals surface area contributed by atoms with Gasteiger partial charge in [-0.15, -0.1) is 0 Å². The first-order valence-corrected chi connectivity index (χ1v) is 8.62. The maximum atomic E-state index is 12.7. The van der Waals surface area contributed by atoms with Crippen molar-refractivity contribution in [2.75, 3.05) is 18.4 Å². The first kappa shape index (κ1) is 16.5. The van der Waals surface area contributed by atoms with Gasteiger partial charge in [0.05, 0.1) is 17.4 Å². The fourth-order valence-electron chi connectivity index (χ4n) is 3.22. The molecule has 1 unspecified atom stereocenters. The molecule has 1 N–H and O–H groups in total. The van der Waals surface area contributed by atoms with Crippen LogP contribution in [0.4, 0.5) is 11.4 Å². The summed E-state index contributed by atoms with van der Waals surface area (Å²) in [5.41, 5.74) is 4.99. The summed E-state index contributed by atoms with van der Waals surface area (Å²) in [6, 6.07) is 8.07. The fourth-order valence-corrected chi connectivity index (χ4v) is 3.22. The van der Waals surface area contributed by atoms with Crippen LogP contribution in [0.2, 0.25) is 0 Å². The summed E-state index contributed by atoms with van der Waals surface area (Å²) in [6.45, 7) is 8.08. The summed E-state index contributed by atoms with van der Waals surface area (Å²) in [7, 11) is 0. The van der Waals surface area contributed by atoms with E-state index in [0.717, 1.165) is 30.9 Å². The minimum Gasteiger partial charge on any atom is -0.354 e. The van der Waals surface area contributed by atoms with Gasteiger partial charge in [0, 0.05) is 25.0 Å². The van der Waals surface area contributed by atoms with Gasteiger partial charge in [0.25, 0.3) is 5.91 Å². The lowest BCUT2D eigenvalue weighted by atomic mass is 10.00. The Morgan fingerprint density at radius 3 is 2.92 bits per heavy atom. The van der Waals surface area contributed by atoms with E-state index in [4.69, 9.17) is 0 Å². The van der Waals surface area contributed by atoms with Crippen molar-refractivity contribution in [3.63, 3.8) is 0 Å². The first-order valence-electron chi connectivity index (χ1n) is 8.62. The van der Waals surface area contributed by atoms with Crippen molar-refractivity contribution in [3.8, 4) is 0 Å². The molecule has 3 rings (SSSR count). The Hall–Kier alpha value is -2.36. The highest BCUT2D eigenvalue weighted by Crippen LogP contribution is 2.24. The summed E-state index contributed by atoms with van der Waals surface area (Å²) in [6.07, 6.45) is 5.71. The summed E-state index contributed by atoms with van der Waals surface area (Å²) in [4.78, 5) is 18.9. The normalized spacial score (nSPS) is 17.6. The third-order valence-electron chi connectivity index (χ3n) is 4.81. The Morgan fingerprint density at radius 1 is 1.29 bits per heavy atom. The molecule has 4 nitrogen and oxygen atoms in total. The summed E-state index contributed by atoms with van der Waals surface area (Å²) < 4.78 is 0. The molecule has 1 aliphatic heterocycles. The number of pyridine rings is 1. The Kier molecular flexibility index (Phi) is 4.84. The molecule has 0 bridgehead atoms. The number of aromatic nitrogens is 1. The van der Waals surface area contributed by atoms with Gasteiger partial charge in [-0.2, -0.15) is 0 Å². The van der Waals surface area contributed by atoms with Crippen molar-refractivity contribution in [2.24, 2.45) is 5.92 Å². The number of carbonyl (C=O) groups excluding carboxylic acids is 1. The van der Waals surface area contributed by atoms with Crippen LogP contribution in [-0.2, 0) is 0 Å². The third kappa shape index (κ3) is 3.58. The number of amides is 1. The molecule has 2 aromatic rings. The number of nitrogens with zero attached hydrogens (tertiary/aromatic N) is 2. The van der Waals surface area contributed by atoms with Gasteiger partial charge < -0.3 is 10.2 Å². The average molecular weight is 323 g/mol. The first-order chi connectivity index (χ1) is 11.5. The second kappa shape index (κ2) is 7.04. The lowest BCUT2D eigenvalue weighted by Gasteiger charge is -2.31. The van der Waals surface area contributed by atoms with Crippen molar-refractivity contribution in [1.82, 2.24) is 9.88 Å². The highest BCUT2D eigenvalue weighted by Gasteiger charge is 2.22. The Bertz CT molecular complexity index is 741. The second-order valence-corrected chi connectivity index (χ2v) is 6.83. The van der Waals surface area contributed by atoms with Crippen molar-refractivity contribution in [3.05, 3.63) is 53.3 Å². The van der Waals surface area contributed by atoms with Crippen LogP contribution >= 0.6 is 0 Å². The molecule has 1 atom stereocenters. The molecule has 0 aliphatic carbocycles. The zero-order valence-corrected chi connectivity index (χ0v) is 14.7. The number of aryl methyl sites for hydroxylation is 1. The van der Waals surface area contributed by atoms with Crippen LogP contribution in [0.1, 0.15) is 41.3 Å². The highest BCUT2D eigenvalue weighted by molar-refractivity contribution is 5.95. The predicted molar refractivity (Wildman–Crippen MR) is 97.7 cm³/mol. The molecular weight excluding hydrogens is 298 g/mol. The number of piperidine rings is 1. The summed E-state index contributed by atoms with van der Waals surface area (Å²) in [5.74, 6) is 0.658. The zero-order valence-electron chi connectivity index (χ0n) is 14.7. The van der Waals surface area contributed by atoms with E-state index in [0.29, 0.717) is 11.5 Å². The SMILES string of the molecule is Cc1cccc(Nc2cncc(C(=O)N3CCCC(C)C3)c2)c1C. The maximum Gasteiger partial charge on any atom is 0.255 e. The van der Waals surface area contributed by atoms with Crippen LogP contribution in [0.15, 0.2) is 36.7 Å². The molecule has 126 valence electrons. The molecular formula is C20H25N3O. The monoisotopic (exact) mass is 323 g/mol. The van der Waals surface area contributed by atoms with Gasteiger partial charge in [-0.3, -0.25) is 9.78 Å². The molecule has 0 saturated carbocycles. The van der Waals surface area contributed by atoms with E-state index in [9.17, 15) is 4.79 Å². The number of hydrogen-bond donors (Lipinski definition) is 1. The van der Waals surface area contributed by atoms with Crippen molar-refractivity contribution >= 4 is 17.3 Å². The van der Waals surface area contributed by atoms with E-state index < -0.39 is 0 Å². The Labute approximate surface area is 143 Å². The average Bonchev–Trinajstić information content (AvgIpc) is 2.58. The second-order valence-electron chi connectivity index (χ2n) is 6.83. The van der Waals surface area contributed by atoms with Crippen LogP contribution in [-0.4, -0.2) is 28.9 Å². The number of anilines is 2. The molecule has 4 heteroatoms. The van der Waals surface area contributed by atoms with Gasteiger partial charge in [-0.1, -0.05) is 19.1 Å². The lowest BCUT2D eigenvalue weighted by molar-refractivity contribution is 0.0682. The molecule has 0 radical (unpaired) electrons. The summed E-state index contributed by atoms with van der Waals surface area (Å²) in [5, 5.41) is 3.39. The number of likely N-dealkylation sites (tertiary alicyclic amines) is 1. The quantitative estimate of drug-likeness (QED) is 0.915. The summed E-state index contributed by atoms with van der Waals surface area (Å²) >= 11 is 0. The van der Waals surface area contributed by atoms with Gasteiger partial charge in [0.2, 0.25) is 0 Å². The van der Waals surface area contributed by atoms with Crippen LogP contribution in [0, 0.1) is 19.8 Å². The number of hydrogen-bond acceptors (Lipinski definition) is 3. The highest BCUT2D eigenvalue weighted by atomic mass is 16.2. The van der Waals surface area contributed by atoms with Gasteiger partial charge in [-0.25, -0.2) is 0 Å². The van der Waals surface area contributed by atoms with E-state index in [1.165, 1.54) is 17.5 Å². The largest absolute Gasteiger partial charge is 0.354 e. The van der Waals surface area contributed by atoms with E-state index in [2.05, 4.69) is 37.1 Å². The molecule has 2 heterocycles. The predicted octanol–water partition coefficient (Wildman–Crippen LogP) is 4.31. The minimum absolute atomic E-state index is 0.0821. The van der Waals surface area contributed by atoms with E-state index in [1.54, 1.807) is 12.4 Å². The van der Waals surface area contributed by atoms with Crippen molar-refractivity contribution < 1.29 is 4.79 Å². The van der Waals surface area contributed by atoms with Gasteiger partial charge in [0.1, 0.15) is 0 Å². The standard InChI is InChI=1S/C20H25N3O/c1-14-6-5-9-23(13-14)20(24)17-10-18(12-21-11-17)22-19-8-4-7-15(2)16(19)3/h4,7-8,10-12,14,22H,5-6,9,13H2,1-3H3. The van der Waals surface area contributed by atoms with Crippen LogP contribution in [0.3, 0.4) is 0 Å². The van der Waals surface area contributed by atoms with Crippen molar-refractivity contribution in [1.29, 1.82) is 0 Å². The number of carbonyl (C=O) groups is 1. The number of benzene rings is 1. The zero-order chi connectivity index (χ0) is 17.1. The molecule has 1 fully saturated rings.